The second kappa shape index (κ2) is 8.52. The lowest BCUT2D eigenvalue weighted by atomic mass is 10.1. The standard InChI is InChI=1S/C19H26N2O3/c1-5-6-7-10-24-16-8-9-21(18(22)11-16)13-17-15(3)19(23-4)14(2)12-20-17/h8-9,11-12H,5-7,10,13H2,1-4H3. The first-order chi connectivity index (χ1) is 11.6. The molecule has 0 aliphatic carbocycles. The molecule has 2 aromatic heterocycles. The minimum Gasteiger partial charge on any atom is -0.496 e. The van der Waals surface area contributed by atoms with Gasteiger partial charge in [0.25, 0.3) is 5.56 Å². The fourth-order valence-electron chi connectivity index (χ4n) is 2.64. The zero-order chi connectivity index (χ0) is 17.5. The van der Waals surface area contributed by atoms with E-state index in [0.717, 1.165) is 41.8 Å². The third kappa shape index (κ3) is 4.37. The third-order valence-electron chi connectivity index (χ3n) is 4.05. The third-order valence-corrected chi connectivity index (χ3v) is 4.05. The van der Waals surface area contributed by atoms with Crippen molar-refractivity contribution >= 4 is 0 Å². The lowest BCUT2D eigenvalue weighted by Crippen LogP contribution is -2.20. The van der Waals surface area contributed by atoms with Crippen LogP contribution in [0.5, 0.6) is 11.5 Å². The number of rotatable bonds is 8. The Morgan fingerprint density at radius 3 is 2.71 bits per heavy atom. The number of hydrogen-bond acceptors (Lipinski definition) is 4. The van der Waals surface area contributed by atoms with Gasteiger partial charge in [-0.2, -0.15) is 0 Å². The van der Waals surface area contributed by atoms with Gasteiger partial charge in [0.05, 0.1) is 26.0 Å². The van der Waals surface area contributed by atoms with E-state index in [4.69, 9.17) is 9.47 Å². The van der Waals surface area contributed by atoms with Crippen LogP contribution in [-0.2, 0) is 6.54 Å². The van der Waals surface area contributed by atoms with Crippen LogP contribution in [0.15, 0.2) is 29.3 Å². The molecule has 0 unspecified atom stereocenters. The summed E-state index contributed by atoms with van der Waals surface area (Å²) in [5.41, 5.74) is 2.69. The van der Waals surface area contributed by atoms with E-state index < -0.39 is 0 Å². The molecule has 0 bridgehead atoms. The van der Waals surface area contributed by atoms with Gasteiger partial charge >= 0.3 is 0 Å². The number of aryl methyl sites for hydroxylation is 1. The minimum absolute atomic E-state index is 0.0938. The van der Waals surface area contributed by atoms with Gasteiger partial charge in [0.1, 0.15) is 11.5 Å². The van der Waals surface area contributed by atoms with Gasteiger partial charge in [0, 0.05) is 29.6 Å². The summed E-state index contributed by atoms with van der Waals surface area (Å²) in [6, 6.07) is 3.36. The molecule has 0 spiro atoms. The Morgan fingerprint density at radius 2 is 2.04 bits per heavy atom. The van der Waals surface area contributed by atoms with Crippen molar-refractivity contribution in [2.24, 2.45) is 0 Å². The van der Waals surface area contributed by atoms with Crippen molar-refractivity contribution in [1.29, 1.82) is 0 Å². The molecule has 0 saturated carbocycles. The highest BCUT2D eigenvalue weighted by Crippen LogP contribution is 2.24. The second-order valence-electron chi connectivity index (χ2n) is 5.93. The Hall–Kier alpha value is -2.30. The van der Waals surface area contributed by atoms with Crippen molar-refractivity contribution in [3.63, 3.8) is 0 Å². The first-order valence-corrected chi connectivity index (χ1v) is 8.39. The van der Waals surface area contributed by atoms with Crippen LogP contribution in [0.4, 0.5) is 0 Å². The molecule has 0 aliphatic heterocycles. The molecular weight excluding hydrogens is 304 g/mol. The summed E-state index contributed by atoms with van der Waals surface area (Å²) in [5, 5.41) is 0. The van der Waals surface area contributed by atoms with Gasteiger partial charge in [-0.1, -0.05) is 19.8 Å². The fraction of sp³-hybridized carbons (Fsp3) is 0.474. The molecule has 0 saturated heterocycles. The number of pyridine rings is 2. The SMILES string of the molecule is CCCCCOc1ccn(Cc2ncc(C)c(OC)c2C)c(=O)c1. The van der Waals surface area contributed by atoms with E-state index in [1.807, 2.05) is 19.9 Å². The molecule has 2 heterocycles. The van der Waals surface area contributed by atoms with Crippen LogP contribution in [0.2, 0.25) is 0 Å². The Balaban J connectivity index is 2.12. The lowest BCUT2D eigenvalue weighted by molar-refractivity contribution is 0.305. The molecule has 5 nitrogen and oxygen atoms in total. The molecule has 2 aromatic rings. The van der Waals surface area contributed by atoms with Crippen molar-refractivity contribution < 1.29 is 9.47 Å². The number of ether oxygens (including phenoxy) is 2. The molecule has 5 heteroatoms. The quantitative estimate of drug-likeness (QED) is 0.695. The van der Waals surface area contributed by atoms with Gasteiger partial charge in [-0.05, 0) is 26.3 Å². The fourth-order valence-corrected chi connectivity index (χ4v) is 2.64. The Kier molecular flexibility index (Phi) is 6.41. The summed E-state index contributed by atoms with van der Waals surface area (Å²) in [4.78, 5) is 16.7. The molecule has 130 valence electrons. The topological polar surface area (TPSA) is 53.4 Å². The van der Waals surface area contributed by atoms with Gasteiger partial charge in [-0.15, -0.1) is 0 Å². The van der Waals surface area contributed by atoms with Crippen LogP contribution < -0.4 is 15.0 Å². The number of aromatic nitrogens is 2. The maximum absolute atomic E-state index is 12.3. The highest BCUT2D eigenvalue weighted by molar-refractivity contribution is 5.41. The van der Waals surface area contributed by atoms with Crippen molar-refractivity contribution in [2.45, 2.75) is 46.6 Å². The highest BCUT2D eigenvalue weighted by Gasteiger charge is 2.10. The molecule has 0 aliphatic rings. The molecule has 0 N–H and O–H groups in total. The van der Waals surface area contributed by atoms with Crippen LogP contribution in [0, 0.1) is 13.8 Å². The zero-order valence-corrected chi connectivity index (χ0v) is 15.0. The number of methoxy groups -OCH3 is 1. The van der Waals surface area contributed by atoms with Crippen molar-refractivity contribution in [2.75, 3.05) is 13.7 Å². The van der Waals surface area contributed by atoms with Gasteiger partial charge in [-0.25, -0.2) is 0 Å². The molecule has 0 fully saturated rings. The molecule has 24 heavy (non-hydrogen) atoms. The summed E-state index contributed by atoms with van der Waals surface area (Å²) >= 11 is 0. The Morgan fingerprint density at radius 1 is 1.25 bits per heavy atom. The molecular formula is C19H26N2O3. The van der Waals surface area contributed by atoms with Crippen LogP contribution in [0.25, 0.3) is 0 Å². The molecule has 0 radical (unpaired) electrons. The molecule has 0 aromatic carbocycles. The minimum atomic E-state index is -0.0938. The van der Waals surface area contributed by atoms with E-state index in [9.17, 15) is 4.79 Å². The van der Waals surface area contributed by atoms with Gasteiger partial charge in [0.2, 0.25) is 0 Å². The zero-order valence-electron chi connectivity index (χ0n) is 15.0. The van der Waals surface area contributed by atoms with E-state index in [-0.39, 0.29) is 5.56 Å². The van der Waals surface area contributed by atoms with Crippen molar-refractivity contribution in [3.8, 4) is 11.5 Å². The normalized spacial score (nSPS) is 10.7. The van der Waals surface area contributed by atoms with Gasteiger partial charge < -0.3 is 14.0 Å². The lowest BCUT2D eigenvalue weighted by Gasteiger charge is -2.13. The van der Waals surface area contributed by atoms with Crippen LogP contribution in [0.3, 0.4) is 0 Å². The Bertz CT molecular complexity index is 738. The maximum Gasteiger partial charge on any atom is 0.254 e. The van der Waals surface area contributed by atoms with Gasteiger partial charge in [0.15, 0.2) is 0 Å². The predicted octanol–water partition coefficient (Wildman–Crippen LogP) is 3.49. The van der Waals surface area contributed by atoms with E-state index in [1.54, 1.807) is 24.1 Å². The summed E-state index contributed by atoms with van der Waals surface area (Å²) in [6.45, 7) is 7.13. The number of nitrogens with zero attached hydrogens (tertiary/aromatic N) is 2. The molecule has 0 amide bonds. The van der Waals surface area contributed by atoms with Crippen LogP contribution >= 0.6 is 0 Å². The summed E-state index contributed by atoms with van der Waals surface area (Å²) in [6.07, 6.45) is 6.82. The number of hydrogen-bond donors (Lipinski definition) is 0. The van der Waals surface area contributed by atoms with E-state index in [2.05, 4.69) is 11.9 Å². The van der Waals surface area contributed by atoms with E-state index in [0.29, 0.717) is 18.9 Å². The monoisotopic (exact) mass is 330 g/mol. The average molecular weight is 330 g/mol. The number of unbranched alkanes of at least 4 members (excludes halogenated alkanes) is 2. The maximum atomic E-state index is 12.3. The van der Waals surface area contributed by atoms with Crippen molar-refractivity contribution in [3.05, 3.63) is 51.7 Å². The largest absolute Gasteiger partial charge is 0.496 e. The smallest absolute Gasteiger partial charge is 0.254 e. The highest BCUT2D eigenvalue weighted by atomic mass is 16.5. The predicted molar refractivity (Wildman–Crippen MR) is 95.1 cm³/mol. The second-order valence-corrected chi connectivity index (χ2v) is 5.93. The van der Waals surface area contributed by atoms with E-state index in [1.165, 1.54) is 6.07 Å². The van der Waals surface area contributed by atoms with E-state index >= 15 is 0 Å². The van der Waals surface area contributed by atoms with Crippen molar-refractivity contribution in [1.82, 2.24) is 9.55 Å². The van der Waals surface area contributed by atoms with Crippen LogP contribution in [-0.4, -0.2) is 23.3 Å². The summed E-state index contributed by atoms with van der Waals surface area (Å²) in [7, 11) is 1.65. The first kappa shape index (κ1) is 18.0. The van der Waals surface area contributed by atoms with Gasteiger partial charge in [-0.3, -0.25) is 9.78 Å². The summed E-state index contributed by atoms with van der Waals surface area (Å²) in [5.74, 6) is 1.45. The van der Waals surface area contributed by atoms with Crippen LogP contribution in [0.1, 0.15) is 43.0 Å². The molecule has 2 rings (SSSR count). The average Bonchev–Trinajstić information content (AvgIpc) is 2.57. The first-order valence-electron chi connectivity index (χ1n) is 8.39. The summed E-state index contributed by atoms with van der Waals surface area (Å²) < 4.78 is 12.7. The Labute approximate surface area is 143 Å². The molecule has 0 atom stereocenters.